The summed E-state index contributed by atoms with van der Waals surface area (Å²) in [5.74, 6) is 0. The molecule has 0 aliphatic rings. The van der Waals surface area contributed by atoms with Gasteiger partial charge in [-0.3, -0.25) is 5.10 Å². The van der Waals surface area contributed by atoms with E-state index in [2.05, 4.69) is 52.5 Å². The molecule has 2 N–H and O–H groups in total. The molecule has 31 heavy (non-hydrogen) atoms. The second kappa shape index (κ2) is 10.6. The van der Waals surface area contributed by atoms with Crippen LogP contribution in [0.2, 0.25) is 0 Å². The first kappa shape index (κ1) is 22.4. The number of likely N-dealkylation sites (N-methyl/N-ethyl adjacent to an activating group) is 2. The fourth-order valence-corrected chi connectivity index (χ4v) is 3.34. The van der Waals surface area contributed by atoms with E-state index in [1.807, 2.05) is 60.5 Å². The third-order valence-electron chi connectivity index (χ3n) is 5.25. The van der Waals surface area contributed by atoms with Crippen molar-refractivity contribution < 1.29 is 4.79 Å². The molecule has 0 radical (unpaired) electrons. The molecule has 2 aromatic carbocycles. The molecule has 0 spiro atoms. The number of nitrogens with one attached hydrogen (secondary N) is 2. The first-order valence-electron chi connectivity index (χ1n) is 10.6. The Bertz CT molecular complexity index is 955. The van der Waals surface area contributed by atoms with Crippen LogP contribution >= 0.6 is 0 Å². The SMILES string of the molecule is CCN(Cc1ccccc1)C(=O)Nc1ccc(-c2cn[nH]c2)cc1N(C)CCN(C)C. The van der Waals surface area contributed by atoms with Gasteiger partial charge >= 0.3 is 6.03 Å². The van der Waals surface area contributed by atoms with Crippen LogP contribution in [0.3, 0.4) is 0 Å². The molecule has 2 amide bonds. The van der Waals surface area contributed by atoms with E-state index in [0.717, 1.165) is 41.2 Å². The lowest BCUT2D eigenvalue weighted by atomic mass is 10.1. The van der Waals surface area contributed by atoms with Gasteiger partial charge in [0.15, 0.2) is 0 Å². The second-order valence-corrected chi connectivity index (χ2v) is 7.87. The van der Waals surface area contributed by atoms with Crippen LogP contribution in [0, 0.1) is 0 Å². The van der Waals surface area contributed by atoms with E-state index in [1.165, 1.54) is 0 Å². The Morgan fingerprint density at radius 1 is 1.03 bits per heavy atom. The Balaban J connectivity index is 1.83. The molecule has 164 valence electrons. The Morgan fingerprint density at radius 2 is 1.81 bits per heavy atom. The predicted molar refractivity (Wildman–Crippen MR) is 127 cm³/mol. The van der Waals surface area contributed by atoms with Crippen molar-refractivity contribution in [3.63, 3.8) is 0 Å². The maximum absolute atomic E-state index is 13.1. The van der Waals surface area contributed by atoms with Gasteiger partial charge in [0.05, 0.1) is 17.6 Å². The number of benzene rings is 2. The molecule has 7 nitrogen and oxygen atoms in total. The summed E-state index contributed by atoms with van der Waals surface area (Å²) < 4.78 is 0. The summed E-state index contributed by atoms with van der Waals surface area (Å²) in [4.78, 5) is 19.2. The highest BCUT2D eigenvalue weighted by Crippen LogP contribution is 2.31. The molecular weight excluding hydrogens is 388 g/mol. The standard InChI is InChI=1S/C24H32N6O/c1-5-30(18-19-9-7-6-8-10-19)24(31)27-22-12-11-20(21-16-25-26-17-21)15-23(22)29(4)14-13-28(2)3/h6-12,15-17H,5,13-14,18H2,1-4H3,(H,25,26)(H,27,31). The number of carbonyl (C=O) groups is 1. The highest BCUT2D eigenvalue weighted by Gasteiger charge is 2.17. The molecule has 0 saturated heterocycles. The predicted octanol–water partition coefficient (Wildman–Crippen LogP) is 4.13. The molecular formula is C24H32N6O. The Morgan fingerprint density at radius 3 is 2.45 bits per heavy atom. The number of H-pyrrole nitrogens is 1. The number of carbonyl (C=O) groups excluding carboxylic acids is 1. The maximum Gasteiger partial charge on any atom is 0.322 e. The molecule has 0 bridgehead atoms. The van der Waals surface area contributed by atoms with E-state index in [9.17, 15) is 4.79 Å². The van der Waals surface area contributed by atoms with Crippen molar-refractivity contribution in [2.45, 2.75) is 13.5 Å². The summed E-state index contributed by atoms with van der Waals surface area (Å²) in [6.45, 7) is 4.94. The van der Waals surface area contributed by atoms with Gasteiger partial charge < -0.3 is 20.0 Å². The number of rotatable bonds is 9. The zero-order valence-corrected chi connectivity index (χ0v) is 18.8. The number of anilines is 2. The lowest BCUT2D eigenvalue weighted by molar-refractivity contribution is 0.212. The lowest BCUT2D eigenvalue weighted by Gasteiger charge is -2.27. The van der Waals surface area contributed by atoms with Crippen molar-refractivity contribution in [2.75, 3.05) is 51.0 Å². The van der Waals surface area contributed by atoms with Gasteiger partial charge in [0.2, 0.25) is 0 Å². The van der Waals surface area contributed by atoms with Gasteiger partial charge in [-0.25, -0.2) is 4.79 Å². The molecule has 0 aliphatic carbocycles. The number of urea groups is 1. The number of aromatic nitrogens is 2. The quantitative estimate of drug-likeness (QED) is 0.546. The van der Waals surface area contributed by atoms with Crippen LogP contribution < -0.4 is 10.2 Å². The minimum Gasteiger partial charge on any atom is -0.372 e. The zero-order chi connectivity index (χ0) is 22.2. The number of aromatic amines is 1. The molecule has 7 heteroatoms. The third kappa shape index (κ3) is 6.08. The van der Waals surface area contributed by atoms with E-state index in [-0.39, 0.29) is 6.03 Å². The van der Waals surface area contributed by atoms with Crippen LogP contribution in [0.1, 0.15) is 12.5 Å². The van der Waals surface area contributed by atoms with Gasteiger partial charge in [0, 0.05) is 45.0 Å². The second-order valence-electron chi connectivity index (χ2n) is 7.87. The Hall–Kier alpha value is -3.32. The lowest BCUT2D eigenvalue weighted by Crippen LogP contribution is -2.35. The highest BCUT2D eigenvalue weighted by atomic mass is 16.2. The first-order valence-corrected chi connectivity index (χ1v) is 10.6. The van der Waals surface area contributed by atoms with Gasteiger partial charge in [0.1, 0.15) is 0 Å². The normalized spacial score (nSPS) is 10.9. The minimum atomic E-state index is -0.107. The molecule has 3 rings (SSSR count). The van der Waals surface area contributed by atoms with Gasteiger partial charge in [-0.2, -0.15) is 5.10 Å². The van der Waals surface area contributed by atoms with E-state index in [4.69, 9.17) is 0 Å². The first-order chi connectivity index (χ1) is 15.0. The summed E-state index contributed by atoms with van der Waals surface area (Å²) in [7, 11) is 6.16. The molecule has 1 heterocycles. The molecule has 3 aromatic rings. The topological polar surface area (TPSA) is 67.5 Å². The van der Waals surface area contributed by atoms with Crippen molar-refractivity contribution in [1.82, 2.24) is 20.0 Å². The molecule has 0 fully saturated rings. The van der Waals surface area contributed by atoms with Crippen molar-refractivity contribution in [2.24, 2.45) is 0 Å². The van der Waals surface area contributed by atoms with Crippen LogP contribution in [0.5, 0.6) is 0 Å². The van der Waals surface area contributed by atoms with Gasteiger partial charge in [-0.05, 0) is 44.3 Å². The van der Waals surface area contributed by atoms with Crippen LogP contribution in [0.15, 0.2) is 60.9 Å². The van der Waals surface area contributed by atoms with Gasteiger partial charge in [0.25, 0.3) is 0 Å². The zero-order valence-electron chi connectivity index (χ0n) is 18.8. The maximum atomic E-state index is 13.1. The summed E-state index contributed by atoms with van der Waals surface area (Å²) in [5, 5.41) is 10.0. The summed E-state index contributed by atoms with van der Waals surface area (Å²) in [6, 6.07) is 16.0. The fraction of sp³-hybridized carbons (Fsp3) is 0.333. The molecule has 0 unspecified atom stereocenters. The van der Waals surface area contributed by atoms with E-state index in [1.54, 1.807) is 6.20 Å². The molecule has 1 aromatic heterocycles. The largest absolute Gasteiger partial charge is 0.372 e. The number of hydrogen-bond acceptors (Lipinski definition) is 4. The minimum absolute atomic E-state index is 0.107. The van der Waals surface area contributed by atoms with Crippen LogP contribution in [-0.2, 0) is 6.54 Å². The van der Waals surface area contributed by atoms with Crippen LogP contribution in [-0.4, -0.2) is 66.8 Å². The van der Waals surface area contributed by atoms with Crippen molar-refractivity contribution in [3.05, 3.63) is 66.5 Å². The Kier molecular flexibility index (Phi) is 7.67. The molecule has 0 saturated carbocycles. The van der Waals surface area contributed by atoms with Crippen molar-refractivity contribution in [3.8, 4) is 11.1 Å². The molecule has 0 aliphatic heterocycles. The highest BCUT2D eigenvalue weighted by molar-refractivity contribution is 5.94. The van der Waals surface area contributed by atoms with Crippen LogP contribution in [0.4, 0.5) is 16.2 Å². The average molecular weight is 421 g/mol. The van der Waals surface area contributed by atoms with Crippen molar-refractivity contribution >= 4 is 17.4 Å². The van der Waals surface area contributed by atoms with E-state index >= 15 is 0 Å². The average Bonchev–Trinajstić information content (AvgIpc) is 3.31. The van der Waals surface area contributed by atoms with Gasteiger partial charge in [-0.15, -0.1) is 0 Å². The van der Waals surface area contributed by atoms with E-state index in [0.29, 0.717) is 13.1 Å². The van der Waals surface area contributed by atoms with Gasteiger partial charge in [-0.1, -0.05) is 36.4 Å². The Labute approximate surface area is 184 Å². The summed E-state index contributed by atoms with van der Waals surface area (Å²) in [5.41, 5.74) is 4.95. The number of hydrogen-bond donors (Lipinski definition) is 2. The monoisotopic (exact) mass is 420 g/mol. The summed E-state index contributed by atoms with van der Waals surface area (Å²) in [6.07, 6.45) is 3.67. The number of amides is 2. The summed E-state index contributed by atoms with van der Waals surface area (Å²) >= 11 is 0. The third-order valence-corrected chi connectivity index (χ3v) is 5.25. The number of nitrogens with zero attached hydrogens (tertiary/aromatic N) is 4. The fourth-order valence-electron chi connectivity index (χ4n) is 3.34. The van der Waals surface area contributed by atoms with E-state index < -0.39 is 0 Å². The smallest absolute Gasteiger partial charge is 0.322 e. The van der Waals surface area contributed by atoms with Crippen molar-refractivity contribution in [1.29, 1.82) is 0 Å². The molecule has 0 atom stereocenters. The van der Waals surface area contributed by atoms with Crippen LogP contribution in [0.25, 0.3) is 11.1 Å².